The van der Waals surface area contributed by atoms with Gasteiger partial charge in [-0.1, -0.05) is 72.6 Å². The van der Waals surface area contributed by atoms with Gasteiger partial charge in [-0.15, -0.1) is 16.2 Å². The minimum atomic E-state index is -4.36. The first-order valence-electron chi connectivity index (χ1n) is 16.1. The number of carbonyl (C=O) groups is 3. The van der Waals surface area contributed by atoms with Crippen molar-refractivity contribution in [3.63, 3.8) is 0 Å². The highest BCUT2D eigenvalue weighted by Crippen LogP contribution is 2.50. The number of ether oxygens (including phenoxy) is 1. The van der Waals surface area contributed by atoms with Gasteiger partial charge in [-0.25, -0.2) is 17.6 Å². The number of rotatable bonds is 6. The lowest BCUT2D eigenvalue weighted by molar-refractivity contribution is -0.140. The van der Waals surface area contributed by atoms with Crippen molar-refractivity contribution in [1.82, 2.24) is 19.8 Å². The highest BCUT2D eigenvalue weighted by molar-refractivity contribution is 7.89. The van der Waals surface area contributed by atoms with E-state index in [0.717, 1.165) is 37.0 Å². The number of hydrogen-bond donors (Lipinski definition) is 3. The summed E-state index contributed by atoms with van der Waals surface area (Å²) in [5.41, 5.74) is -0.377. The number of carbonyl (C=O) groups excluding carboxylic acids is 3. The first kappa shape index (κ1) is 35.9. The average molecular weight is 761 g/mol. The van der Waals surface area contributed by atoms with Crippen LogP contribution < -0.4 is 10.0 Å². The zero-order valence-corrected chi connectivity index (χ0v) is 29.4. The van der Waals surface area contributed by atoms with Gasteiger partial charge >= 0.3 is 6.09 Å². The van der Waals surface area contributed by atoms with Gasteiger partial charge in [0, 0.05) is 18.5 Å². The number of benzene rings is 1. The molecule has 3 amide bonds. The summed E-state index contributed by atoms with van der Waals surface area (Å²) < 4.78 is 48.8. The molecule has 266 valence electrons. The number of aliphatic hydroxyl groups excluding tert-OH is 1. The largest absolute Gasteiger partial charge is 0.444 e. The third-order valence-corrected chi connectivity index (χ3v) is 13.1. The van der Waals surface area contributed by atoms with E-state index in [1.165, 1.54) is 21.9 Å². The van der Waals surface area contributed by atoms with Crippen LogP contribution in [0.1, 0.15) is 68.9 Å². The van der Waals surface area contributed by atoms with Crippen LogP contribution in [0.15, 0.2) is 34.3 Å². The third-order valence-electron chi connectivity index (χ3n) is 9.92. The number of fused-ring (bicyclic) bond motifs is 3. The van der Waals surface area contributed by atoms with E-state index < -0.39 is 63.7 Å². The number of aliphatic hydroxyl groups is 1. The molecule has 2 aromatic rings. The predicted molar refractivity (Wildman–Crippen MR) is 178 cm³/mol. The summed E-state index contributed by atoms with van der Waals surface area (Å²) >= 11 is 12.9. The number of amides is 3. The van der Waals surface area contributed by atoms with Crippen LogP contribution in [-0.4, -0.2) is 77.7 Å². The Balaban J connectivity index is 1.23. The SMILES string of the molecule is O=NC1CCCCCCCC2CC2(C(O)NS(=O)(=O)c2cc(Cl)sc2Cl)NC(=O)C2CC(OC(=O)N3Cc4cccc(F)c4C3)CN2C1=O. The van der Waals surface area contributed by atoms with Crippen LogP contribution in [0.3, 0.4) is 0 Å². The molecule has 1 aliphatic carbocycles. The second kappa shape index (κ2) is 14.4. The van der Waals surface area contributed by atoms with Crippen LogP contribution in [0.5, 0.6) is 0 Å². The molecule has 0 bridgehead atoms. The van der Waals surface area contributed by atoms with E-state index in [-0.39, 0.29) is 58.4 Å². The molecule has 4 heterocycles. The van der Waals surface area contributed by atoms with Gasteiger partial charge in [-0.05, 0) is 42.9 Å². The van der Waals surface area contributed by atoms with Gasteiger partial charge in [-0.3, -0.25) is 14.5 Å². The minimum absolute atomic E-state index is 0.00222. The molecule has 0 spiro atoms. The summed E-state index contributed by atoms with van der Waals surface area (Å²) in [5.74, 6) is -2.12. The van der Waals surface area contributed by atoms with E-state index in [4.69, 9.17) is 27.9 Å². The molecule has 2 saturated heterocycles. The fraction of sp³-hybridized carbons (Fsp3) is 0.581. The Labute approximate surface area is 296 Å². The average Bonchev–Trinajstić information content (AvgIpc) is 3.36. The number of nitrogens with zero attached hydrogens (tertiary/aromatic N) is 3. The third kappa shape index (κ3) is 7.45. The standard InChI is InChI=1S/C31H36Cl2FN5O8S2/c32-25-12-24(26(33)48-25)49(45,46)37-29(42)31-13-18(31)8-4-2-1-3-5-10-22(36-44)28(41)39-15-19(11-23(39)27(40)35-31)47-30(43)38-14-17-7-6-9-21(34)20(17)16-38/h6-7,9,12,18-19,22-23,29,37,42H,1-5,8,10-11,13-16H2,(H,35,40). The summed E-state index contributed by atoms with van der Waals surface area (Å²) in [7, 11) is -4.36. The number of sulfonamides is 1. The minimum Gasteiger partial charge on any atom is -0.444 e. The highest BCUT2D eigenvalue weighted by atomic mass is 35.5. The zero-order valence-electron chi connectivity index (χ0n) is 26.3. The van der Waals surface area contributed by atoms with Gasteiger partial charge in [0.15, 0.2) is 6.04 Å². The van der Waals surface area contributed by atoms with E-state index in [0.29, 0.717) is 24.0 Å². The lowest BCUT2D eigenvalue weighted by atomic mass is 10.0. The molecule has 13 nitrogen and oxygen atoms in total. The van der Waals surface area contributed by atoms with Gasteiger partial charge in [0.1, 0.15) is 33.4 Å². The van der Waals surface area contributed by atoms with Crippen LogP contribution in [-0.2, 0) is 37.4 Å². The van der Waals surface area contributed by atoms with Crippen LogP contribution in [0.4, 0.5) is 9.18 Å². The molecule has 1 saturated carbocycles. The Morgan fingerprint density at radius 1 is 1.16 bits per heavy atom. The number of hydrogen-bond acceptors (Lipinski definition) is 10. The second-order valence-corrected chi connectivity index (χ2v) is 17.1. The number of halogens is 3. The summed E-state index contributed by atoms with van der Waals surface area (Å²) in [6, 6.07) is 3.27. The lowest BCUT2D eigenvalue weighted by Gasteiger charge is -2.30. The molecular weight excluding hydrogens is 724 g/mol. The molecule has 49 heavy (non-hydrogen) atoms. The Morgan fingerprint density at radius 3 is 2.59 bits per heavy atom. The number of nitroso groups, excluding NO2 is 1. The van der Waals surface area contributed by atoms with E-state index in [1.807, 2.05) is 0 Å². The van der Waals surface area contributed by atoms with Crippen molar-refractivity contribution in [3.8, 4) is 0 Å². The molecule has 6 unspecified atom stereocenters. The molecule has 3 aliphatic heterocycles. The molecule has 1 aromatic heterocycles. The maximum Gasteiger partial charge on any atom is 0.410 e. The van der Waals surface area contributed by atoms with Crippen LogP contribution in [0.25, 0.3) is 0 Å². The van der Waals surface area contributed by atoms with E-state index in [2.05, 4.69) is 15.2 Å². The van der Waals surface area contributed by atoms with Crippen molar-refractivity contribution in [1.29, 1.82) is 0 Å². The van der Waals surface area contributed by atoms with Gasteiger partial charge in [-0.2, -0.15) is 4.72 Å². The lowest BCUT2D eigenvalue weighted by Crippen LogP contribution is -2.59. The Bertz CT molecular complexity index is 1750. The predicted octanol–water partition coefficient (Wildman–Crippen LogP) is 4.67. The number of nitrogens with one attached hydrogen (secondary N) is 2. The van der Waals surface area contributed by atoms with Crippen molar-refractivity contribution in [3.05, 3.63) is 54.8 Å². The van der Waals surface area contributed by atoms with Crippen molar-refractivity contribution in [2.24, 2.45) is 11.1 Å². The normalized spacial score (nSPS) is 28.4. The van der Waals surface area contributed by atoms with Gasteiger partial charge in [0.25, 0.3) is 5.91 Å². The summed E-state index contributed by atoms with van der Waals surface area (Å²) in [6.45, 7) is -0.0759. The van der Waals surface area contributed by atoms with Crippen LogP contribution >= 0.6 is 34.5 Å². The highest BCUT2D eigenvalue weighted by Gasteiger charge is 2.61. The second-order valence-electron chi connectivity index (χ2n) is 13.1. The van der Waals surface area contributed by atoms with Crippen molar-refractivity contribution < 1.29 is 37.0 Å². The maximum absolute atomic E-state index is 14.3. The Hall–Kier alpha value is -2.89. The molecule has 1 aromatic carbocycles. The topological polar surface area (TPSA) is 175 Å². The molecular formula is C31H36Cl2FN5O8S2. The van der Waals surface area contributed by atoms with E-state index >= 15 is 0 Å². The summed E-state index contributed by atoms with van der Waals surface area (Å²) in [4.78, 5) is 55.0. The van der Waals surface area contributed by atoms with Gasteiger partial charge in [0.05, 0.1) is 23.0 Å². The van der Waals surface area contributed by atoms with Crippen molar-refractivity contribution in [2.75, 3.05) is 6.54 Å². The smallest absolute Gasteiger partial charge is 0.410 e. The van der Waals surface area contributed by atoms with Crippen molar-refractivity contribution in [2.45, 2.75) is 106 Å². The molecule has 3 N–H and O–H groups in total. The first-order chi connectivity index (χ1) is 23.3. The summed E-state index contributed by atoms with van der Waals surface area (Å²) in [6.07, 6.45) is 1.16. The van der Waals surface area contributed by atoms with Crippen LogP contribution in [0.2, 0.25) is 8.67 Å². The molecule has 6 rings (SSSR count). The molecule has 6 atom stereocenters. The quantitative estimate of drug-likeness (QED) is 0.282. The number of thiophene rings is 1. The summed E-state index contributed by atoms with van der Waals surface area (Å²) in [5, 5.41) is 17.3. The Kier molecular flexibility index (Phi) is 10.5. The molecule has 4 aliphatic rings. The molecule has 3 fully saturated rings. The van der Waals surface area contributed by atoms with Gasteiger partial charge in [0.2, 0.25) is 15.9 Å². The van der Waals surface area contributed by atoms with Crippen LogP contribution in [0, 0.1) is 16.6 Å². The van der Waals surface area contributed by atoms with Crippen molar-refractivity contribution >= 4 is 62.5 Å². The molecule has 18 heteroatoms. The molecule has 0 radical (unpaired) electrons. The zero-order chi connectivity index (χ0) is 35.1. The van der Waals surface area contributed by atoms with E-state index in [9.17, 15) is 37.2 Å². The Morgan fingerprint density at radius 2 is 1.90 bits per heavy atom. The first-order valence-corrected chi connectivity index (χ1v) is 19.2. The fourth-order valence-electron chi connectivity index (χ4n) is 7.17. The monoisotopic (exact) mass is 759 g/mol. The van der Waals surface area contributed by atoms with E-state index in [1.54, 1.807) is 12.1 Å². The fourth-order valence-corrected chi connectivity index (χ4v) is 10.5. The maximum atomic E-state index is 14.3. The van der Waals surface area contributed by atoms with Gasteiger partial charge < -0.3 is 20.1 Å².